The van der Waals surface area contributed by atoms with Crippen molar-refractivity contribution in [2.45, 2.75) is 30.4 Å². The highest BCUT2D eigenvalue weighted by Gasteiger charge is 2.34. The molecule has 1 N–H and O–H groups in total. The lowest BCUT2D eigenvalue weighted by molar-refractivity contribution is -0.121. The molecule has 0 fully saturated rings. The first kappa shape index (κ1) is 21.7. The molecule has 3 aromatic rings. The lowest BCUT2D eigenvalue weighted by Crippen LogP contribution is -2.30. The zero-order valence-electron chi connectivity index (χ0n) is 17.5. The normalized spacial score (nSPS) is 14.2. The Labute approximate surface area is 187 Å². The third-order valence-electron chi connectivity index (χ3n) is 5.40. The predicted molar refractivity (Wildman–Crippen MR) is 128 cm³/mol. The van der Waals surface area contributed by atoms with Gasteiger partial charge < -0.3 is 5.32 Å². The standard InChI is InChI=1S/C24H26N2O3S2/c1-18-10-12-19(13-11-18)17-30-16-14-25-23(27)9-4-15-26-21-7-2-5-20-6-3-8-22(24(20)21)31(26,28)29/h2-3,5-8,10-13H,4,9,14-17H2,1H3,(H,25,27). The minimum Gasteiger partial charge on any atom is -0.355 e. The molecular weight excluding hydrogens is 428 g/mol. The largest absolute Gasteiger partial charge is 0.355 e. The Bertz CT molecular complexity index is 1190. The first-order chi connectivity index (χ1) is 15.0. The summed E-state index contributed by atoms with van der Waals surface area (Å²) in [6.07, 6.45) is 0.785. The number of benzene rings is 3. The van der Waals surface area contributed by atoms with Crippen LogP contribution in [0.25, 0.3) is 10.8 Å². The molecule has 1 aliphatic rings. The molecule has 31 heavy (non-hydrogen) atoms. The minimum absolute atomic E-state index is 0.0387. The lowest BCUT2D eigenvalue weighted by atomic mass is 10.1. The molecular formula is C24H26N2O3S2. The molecule has 0 radical (unpaired) electrons. The molecule has 0 saturated heterocycles. The van der Waals surface area contributed by atoms with Crippen LogP contribution in [-0.2, 0) is 20.6 Å². The minimum atomic E-state index is -3.55. The summed E-state index contributed by atoms with van der Waals surface area (Å²) in [5, 5.41) is 4.63. The molecule has 0 unspecified atom stereocenters. The Hall–Kier alpha value is -2.51. The summed E-state index contributed by atoms with van der Waals surface area (Å²) >= 11 is 1.79. The number of anilines is 1. The zero-order chi connectivity index (χ0) is 21.8. The van der Waals surface area contributed by atoms with Crippen LogP contribution in [0.15, 0.2) is 65.6 Å². The maximum absolute atomic E-state index is 12.9. The monoisotopic (exact) mass is 454 g/mol. The SMILES string of the molecule is Cc1ccc(CSCCNC(=O)CCCN2c3cccc4cccc(c34)S2(=O)=O)cc1. The highest BCUT2D eigenvalue weighted by Crippen LogP contribution is 2.41. The molecule has 7 heteroatoms. The van der Waals surface area contributed by atoms with E-state index in [0.29, 0.717) is 36.5 Å². The summed E-state index contributed by atoms with van der Waals surface area (Å²) in [4.78, 5) is 12.5. The molecule has 0 saturated carbocycles. The number of amides is 1. The number of rotatable bonds is 9. The van der Waals surface area contributed by atoms with Crippen molar-refractivity contribution in [1.29, 1.82) is 0 Å². The number of nitrogens with zero attached hydrogens (tertiary/aromatic N) is 1. The lowest BCUT2D eigenvalue weighted by Gasteiger charge is -2.18. The topological polar surface area (TPSA) is 66.5 Å². The van der Waals surface area contributed by atoms with Gasteiger partial charge in [0.15, 0.2) is 0 Å². The van der Waals surface area contributed by atoms with Crippen molar-refractivity contribution < 1.29 is 13.2 Å². The van der Waals surface area contributed by atoms with Crippen LogP contribution in [0.2, 0.25) is 0 Å². The van der Waals surface area contributed by atoms with Crippen LogP contribution in [0.3, 0.4) is 0 Å². The van der Waals surface area contributed by atoms with E-state index >= 15 is 0 Å². The molecule has 0 spiro atoms. The molecule has 3 aromatic carbocycles. The maximum Gasteiger partial charge on any atom is 0.265 e. The molecule has 1 amide bonds. The van der Waals surface area contributed by atoms with Gasteiger partial charge in [-0.3, -0.25) is 9.10 Å². The highest BCUT2D eigenvalue weighted by molar-refractivity contribution is 7.98. The second-order valence-corrected chi connectivity index (χ2v) is 10.6. The Morgan fingerprint density at radius 3 is 2.55 bits per heavy atom. The number of carbonyl (C=O) groups excluding carboxylic acids is 1. The number of hydrogen-bond donors (Lipinski definition) is 1. The molecule has 0 aromatic heterocycles. The third kappa shape index (κ3) is 4.72. The highest BCUT2D eigenvalue weighted by atomic mass is 32.2. The van der Waals surface area contributed by atoms with Crippen LogP contribution in [0.1, 0.15) is 24.0 Å². The van der Waals surface area contributed by atoms with E-state index in [0.717, 1.165) is 22.3 Å². The van der Waals surface area contributed by atoms with Crippen LogP contribution >= 0.6 is 11.8 Å². The smallest absolute Gasteiger partial charge is 0.265 e. The summed E-state index contributed by atoms with van der Waals surface area (Å²) in [5.41, 5.74) is 3.24. The number of hydrogen-bond acceptors (Lipinski definition) is 4. The fraction of sp³-hybridized carbons (Fsp3) is 0.292. The second kappa shape index (κ2) is 9.32. The second-order valence-electron chi connectivity index (χ2n) is 7.70. The number of carbonyl (C=O) groups is 1. The van der Waals surface area contributed by atoms with Gasteiger partial charge in [-0.25, -0.2) is 8.42 Å². The van der Waals surface area contributed by atoms with Crippen LogP contribution in [0, 0.1) is 6.92 Å². The number of sulfonamides is 1. The molecule has 162 valence electrons. The molecule has 5 nitrogen and oxygen atoms in total. The summed E-state index contributed by atoms with van der Waals surface area (Å²) in [6, 6.07) is 19.5. The van der Waals surface area contributed by atoms with Gasteiger partial charge in [0.2, 0.25) is 5.91 Å². The predicted octanol–water partition coefficient (Wildman–Crippen LogP) is 4.49. The van der Waals surface area contributed by atoms with E-state index in [-0.39, 0.29) is 5.91 Å². The zero-order valence-corrected chi connectivity index (χ0v) is 19.1. The first-order valence-electron chi connectivity index (χ1n) is 10.4. The summed E-state index contributed by atoms with van der Waals surface area (Å²) in [5.74, 6) is 1.73. The molecule has 1 heterocycles. The van der Waals surface area contributed by atoms with Gasteiger partial charge in [-0.1, -0.05) is 54.1 Å². The van der Waals surface area contributed by atoms with Crippen molar-refractivity contribution in [3.05, 3.63) is 71.8 Å². The quantitative estimate of drug-likeness (QED) is 0.484. The van der Waals surface area contributed by atoms with Gasteiger partial charge >= 0.3 is 0 Å². The van der Waals surface area contributed by atoms with Crippen LogP contribution < -0.4 is 9.62 Å². The van der Waals surface area contributed by atoms with Crippen molar-refractivity contribution in [1.82, 2.24) is 5.32 Å². The summed E-state index contributed by atoms with van der Waals surface area (Å²) < 4.78 is 27.3. The van der Waals surface area contributed by atoms with Gasteiger partial charge in [0.25, 0.3) is 10.0 Å². The Balaban J connectivity index is 1.22. The van der Waals surface area contributed by atoms with E-state index in [2.05, 4.69) is 36.5 Å². The van der Waals surface area contributed by atoms with Gasteiger partial charge in [-0.05, 0) is 36.4 Å². The molecule has 1 aliphatic heterocycles. The van der Waals surface area contributed by atoms with E-state index in [1.54, 1.807) is 23.9 Å². The summed E-state index contributed by atoms with van der Waals surface area (Å²) in [7, 11) is -3.55. The van der Waals surface area contributed by atoms with Gasteiger partial charge in [-0.2, -0.15) is 11.8 Å². The van der Waals surface area contributed by atoms with Crippen LogP contribution in [-0.4, -0.2) is 33.2 Å². The van der Waals surface area contributed by atoms with Crippen molar-refractivity contribution >= 4 is 44.2 Å². The molecule has 0 aliphatic carbocycles. The Morgan fingerprint density at radius 1 is 1.03 bits per heavy atom. The maximum atomic E-state index is 12.9. The van der Waals surface area contributed by atoms with Crippen molar-refractivity contribution in [3.8, 4) is 0 Å². The van der Waals surface area contributed by atoms with Crippen molar-refractivity contribution in [2.24, 2.45) is 0 Å². The summed E-state index contributed by atoms with van der Waals surface area (Å²) in [6.45, 7) is 2.98. The fourth-order valence-corrected chi connectivity index (χ4v) is 6.38. The van der Waals surface area contributed by atoms with E-state index < -0.39 is 10.0 Å². The number of nitrogens with one attached hydrogen (secondary N) is 1. The average Bonchev–Trinajstić information content (AvgIpc) is 2.98. The average molecular weight is 455 g/mol. The van der Waals surface area contributed by atoms with Gasteiger partial charge in [0.1, 0.15) is 0 Å². The molecule has 0 atom stereocenters. The first-order valence-corrected chi connectivity index (χ1v) is 13.0. The number of aryl methyl sites for hydroxylation is 1. The van der Waals surface area contributed by atoms with Crippen molar-refractivity contribution in [3.63, 3.8) is 0 Å². The van der Waals surface area contributed by atoms with Gasteiger partial charge in [0.05, 0.1) is 10.6 Å². The fourth-order valence-electron chi connectivity index (χ4n) is 3.81. The Morgan fingerprint density at radius 2 is 1.77 bits per heavy atom. The molecule has 4 rings (SSSR count). The van der Waals surface area contributed by atoms with Crippen molar-refractivity contribution in [2.75, 3.05) is 23.1 Å². The van der Waals surface area contributed by atoms with E-state index in [1.165, 1.54) is 15.4 Å². The molecule has 0 bridgehead atoms. The van der Waals surface area contributed by atoms with Gasteiger partial charge in [0, 0.05) is 36.4 Å². The van der Waals surface area contributed by atoms with E-state index in [9.17, 15) is 13.2 Å². The van der Waals surface area contributed by atoms with E-state index in [4.69, 9.17) is 0 Å². The number of thioether (sulfide) groups is 1. The Kier molecular flexibility index (Phi) is 6.53. The van der Waals surface area contributed by atoms with Crippen LogP contribution in [0.5, 0.6) is 0 Å². The third-order valence-corrected chi connectivity index (χ3v) is 8.29. The van der Waals surface area contributed by atoms with Gasteiger partial charge in [-0.15, -0.1) is 0 Å². The van der Waals surface area contributed by atoms with Crippen LogP contribution in [0.4, 0.5) is 5.69 Å². The van der Waals surface area contributed by atoms with E-state index in [1.807, 2.05) is 24.3 Å².